The van der Waals surface area contributed by atoms with Crippen LogP contribution in [-0.4, -0.2) is 57.6 Å². The van der Waals surface area contributed by atoms with Gasteiger partial charge in [0, 0.05) is 55.7 Å². The van der Waals surface area contributed by atoms with E-state index in [0.717, 1.165) is 35.3 Å². The molecule has 2 fully saturated rings. The number of nitrogens with one attached hydrogen (secondary N) is 2. The Kier molecular flexibility index (Phi) is 7.37. The molecule has 212 valence electrons. The van der Waals surface area contributed by atoms with Crippen LogP contribution in [0.3, 0.4) is 0 Å². The zero-order valence-electron chi connectivity index (χ0n) is 22.7. The summed E-state index contributed by atoms with van der Waals surface area (Å²) in [7, 11) is 0. The molecule has 4 heterocycles. The van der Waals surface area contributed by atoms with Crippen LogP contribution in [-0.2, 0) is 11.3 Å². The largest absolute Gasteiger partial charge is 0.465 e. The number of benzene rings is 2. The average Bonchev–Trinajstić information content (AvgIpc) is 3.59. The molecule has 2 aromatic heterocycles. The van der Waals surface area contributed by atoms with Gasteiger partial charge in [0.25, 0.3) is 0 Å². The highest BCUT2D eigenvalue weighted by Crippen LogP contribution is 2.28. The highest BCUT2D eigenvalue weighted by molar-refractivity contribution is 5.96. The number of aromatic nitrogens is 2. The fourth-order valence-corrected chi connectivity index (χ4v) is 5.19. The number of hydrogen-bond acceptors (Lipinski definition) is 6. The minimum Gasteiger partial charge on any atom is -0.465 e. The second-order valence-corrected chi connectivity index (χ2v) is 10.2. The van der Waals surface area contributed by atoms with Crippen molar-refractivity contribution in [1.82, 2.24) is 14.9 Å². The molecule has 4 aromatic rings. The summed E-state index contributed by atoms with van der Waals surface area (Å²) in [5.74, 6) is 0.816. The molecule has 6 rings (SSSR count). The van der Waals surface area contributed by atoms with E-state index in [9.17, 15) is 14.4 Å². The van der Waals surface area contributed by atoms with Gasteiger partial charge in [-0.3, -0.25) is 20.0 Å². The van der Waals surface area contributed by atoms with E-state index < -0.39 is 6.09 Å². The summed E-state index contributed by atoms with van der Waals surface area (Å²) in [5, 5.41) is 14.4. The van der Waals surface area contributed by atoms with Crippen LogP contribution in [0.1, 0.15) is 18.4 Å². The molecule has 0 bridgehead atoms. The molecule has 0 aliphatic carbocycles. The summed E-state index contributed by atoms with van der Waals surface area (Å²) in [6.45, 7) is 2.28. The fraction of sp³-hybridized carbons (Fsp3) is 0.194. The minimum absolute atomic E-state index is 0.121. The van der Waals surface area contributed by atoms with Crippen molar-refractivity contribution in [3.8, 4) is 11.1 Å². The lowest BCUT2D eigenvalue weighted by molar-refractivity contribution is -0.117. The number of carboxylic acid groups (broad SMARTS) is 1. The lowest BCUT2D eigenvalue weighted by atomic mass is 10.1. The number of nitrogens with zero attached hydrogens (tertiary/aromatic N) is 5. The van der Waals surface area contributed by atoms with E-state index in [1.807, 2.05) is 47.4 Å². The van der Waals surface area contributed by atoms with Crippen molar-refractivity contribution in [2.75, 3.05) is 40.1 Å². The van der Waals surface area contributed by atoms with E-state index >= 15 is 0 Å². The van der Waals surface area contributed by atoms with Crippen LogP contribution in [0.4, 0.5) is 38.2 Å². The SMILES string of the molecule is O=C(O)Nc1ccc(CN2CCN(c3cncc(Nc4ccc(-c5ccc(N6CCCC6=O)cc5)cn4)c3)C2=O)cc1. The molecule has 11 heteroatoms. The number of pyridine rings is 2. The first kappa shape index (κ1) is 26.8. The van der Waals surface area contributed by atoms with Crippen molar-refractivity contribution in [2.24, 2.45) is 0 Å². The summed E-state index contributed by atoms with van der Waals surface area (Å²) in [6.07, 6.45) is 5.53. The molecule has 0 atom stereocenters. The quantitative estimate of drug-likeness (QED) is 0.256. The molecule has 0 unspecified atom stereocenters. The predicted molar refractivity (Wildman–Crippen MR) is 160 cm³/mol. The number of amides is 4. The molecule has 4 amide bonds. The van der Waals surface area contributed by atoms with Crippen LogP contribution in [0, 0.1) is 0 Å². The molecule has 2 aromatic carbocycles. The van der Waals surface area contributed by atoms with E-state index in [1.54, 1.807) is 52.7 Å². The monoisotopic (exact) mass is 563 g/mol. The van der Waals surface area contributed by atoms with E-state index in [-0.39, 0.29) is 11.9 Å². The summed E-state index contributed by atoms with van der Waals surface area (Å²) < 4.78 is 0. The van der Waals surface area contributed by atoms with Gasteiger partial charge in [-0.25, -0.2) is 14.6 Å². The lowest BCUT2D eigenvalue weighted by Crippen LogP contribution is -2.31. The van der Waals surface area contributed by atoms with Crippen LogP contribution in [0.5, 0.6) is 0 Å². The predicted octanol–water partition coefficient (Wildman–Crippen LogP) is 5.55. The lowest BCUT2D eigenvalue weighted by Gasteiger charge is -2.19. The molecule has 11 nitrogen and oxygen atoms in total. The molecule has 0 spiro atoms. The van der Waals surface area contributed by atoms with Crippen molar-refractivity contribution < 1.29 is 19.5 Å². The van der Waals surface area contributed by atoms with Gasteiger partial charge < -0.3 is 20.2 Å². The first-order valence-electron chi connectivity index (χ1n) is 13.7. The van der Waals surface area contributed by atoms with Crippen LogP contribution in [0.25, 0.3) is 11.1 Å². The maximum absolute atomic E-state index is 13.2. The van der Waals surface area contributed by atoms with Gasteiger partial charge in [0.1, 0.15) is 5.82 Å². The maximum Gasteiger partial charge on any atom is 0.409 e. The fourth-order valence-electron chi connectivity index (χ4n) is 5.19. The molecule has 2 saturated heterocycles. The third kappa shape index (κ3) is 5.85. The second kappa shape index (κ2) is 11.6. The van der Waals surface area contributed by atoms with Crippen molar-refractivity contribution >= 4 is 46.6 Å². The van der Waals surface area contributed by atoms with Gasteiger partial charge in [0.05, 0.1) is 23.8 Å². The Morgan fingerprint density at radius 2 is 1.60 bits per heavy atom. The average molecular weight is 564 g/mol. The van der Waals surface area contributed by atoms with Gasteiger partial charge in [-0.15, -0.1) is 0 Å². The summed E-state index contributed by atoms with van der Waals surface area (Å²) in [6, 6.07) is 20.5. The highest BCUT2D eigenvalue weighted by Gasteiger charge is 2.30. The van der Waals surface area contributed by atoms with Gasteiger partial charge in [0.2, 0.25) is 5.91 Å². The third-order valence-corrected chi connectivity index (χ3v) is 7.33. The molecule has 0 saturated carbocycles. The van der Waals surface area contributed by atoms with Gasteiger partial charge in [-0.05, 0) is 60.0 Å². The van der Waals surface area contributed by atoms with Crippen LogP contribution in [0.15, 0.2) is 85.3 Å². The van der Waals surface area contributed by atoms with Crippen molar-refractivity contribution in [3.63, 3.8) is 0 Å². The Morgan fingerprint density at radius 1 is 0.810 bits per heavy atom. The van der Waals surface area contributed by atoms with Crippen LogP contribution in [0.2, 0.25) is 0 Å². The third-order valence-electron chi connectivity index (χ3n) is 7.33. The number of carbonyl (C=O) groups is 3. The molecule has 2 aliphatic heterocycles. The minimum atomic E-state index is -1.12. The normalized spacial score (nSPS) is 14.9. The topological polar surface area (TPSA) is 131 Å². The van der Waals surface area contributed by atoms with Gasteiger partial charge in [-0.2, -0.15) is 0 Å². The number of rotatable bonds is 8. The molecule has 42 heavy (non-hydrogen) atoms. The van der Waals surface area contributed by atoms with Crippen molar-refractivity contribution in [3.05, 3.63) is 90.9 Å². The molecule has 0 radical (unpaired) electrons. The molecule has 3 N–H and O–H groups in total. The van der Waals surface area contributed by atoms with E-state index in [2.05, 4.69) is 20.6 Å². The molecular formula is C31H29N7O4. The summed E-state index contributed by atoms with van der Waals surface area (Å²) in [4.78, 5) is 50.1. The first-order chi connectivity index (χ1) is 20.4. The van der Waals surface area contributed by atoms with Crippen LogP contribution < -0.4 is 20.4 Å². The van der Waals surface area contributed by atoms with E-state index in [4.69, 9.17) is 5.11 Å². The Bertz CT molecular complexity index is 1610. The standard InChI is InChI=1S/C31H29N7O4/c39-29-2-1-13-37(29)26-10-5-22(6-11-26)23-7-12-28(33-17-23)34-25-16-27(19-32-18-25)38-15-14-36(31(38)42)20-21-3-8-24(9-4-21)35-30(40)41/h3-12,16-19,35H,1-2,13-15,20H2,(H,33,34)(H,40,41). The zero-order valence-corrected chi connectivity index (χ0v) is 22.7. The number of urea groups is 1. The number of carbonyl (C=O) groups excluding carboxylic acids is 2. The van der Waals surface area contributed by atoms with Gasteiger partial charge in [-0.1, -0.05) is 24.3 Å². The van der Waals surface area contributed by atoms with Crippen molar-refractivity contribution in [1.29, 1.82) is 0 Å². The Hall–Kier alpha value is -5.45. The Labute approximate surface area is 242 Å². The summed E-state index contributed by atoms with van der Waals surface area (Å²) in [5.41, 5.74) is 5.66. The zero-order chi connectivity index (χ0) is 29.1. The van der Waals surface area contributed by atoms with Crippen molar-refractivity contribution in [2.45, 2.75) is 19.4 Å². The van der Waals surface area contributed by atoms with Crippen LogP contribution >= 0.6 is 0 Å². The van der Waals surface area contributed by atoms with E-state index in [1.165, 1.54) is 0 Å². The van der Waals surface area contributed by atoms with Gasteiger partial charge in [0.15, 0.2) is 0 Å². The smallest absolute Gasteiger partial charge is 0.409 e. The van der Waals surface area contributed by atoms with Gasteiger partial charge >= 0.3 is 12.1 Å². The number of anilines is 5. The Balaban J connectivity index is 1.07. The summed E-state index contributed by atoms with van der Waals surface area (Å²) >= 11 is 0. The first-order valence-corrected chi connectivity index (χ1v) is 13.7. The highest BCUT2D eigenvalue weighted by atomic mass is 16.4. The van der Waals surface area contributed by atoms with E-state index in [0.29, 0.717) is 48.9 Å². The number of hydrogen-bond donors (Lipinski definition) is 3. The maximum atomic E-state index is 13.2. The molecule has 2 aliphatic rings. The Morgan fingerprint density at radius 3 is 2.29 bits per heavy atom. The molecular weight excluding hydrogens is 534 g/mol. The second-order valence-electron chi connectivity index (χ2n) is 10.2.